The second-order valence-corrected chi connectivity index (χ2v) is 4.66. The first-order chi connectivity index (χ1) is 8.85. The summed E-state index contributed by atoms with van der Waals surface area (Å²) in [7, 11) is 0. The van der Waals surface area contributed by atoms with Gasteiger partial charge in [-0.05, 0) is 42.5 Å². The lowest BCUT2D eigenvalue weighted by molar-refractivity contribution is 0.675. The Balaban J connectivity index is 2.16. The number of fused-ring (bicyclic) bond motifs is 1. The Labute approximate surface area is 109 Å². The van der Waals surface area contributed by atoms with E-state index >= 15 is 0 Å². The van der Waals surface area contributed by atoms with E-state index in [1.165, 1.54) is 22.9 Å². The van der Waals surface area contributed by atoms with Crippen molar-refractivity contribution in [3.63, 3.8) is 0 Å². The smallest absolute Gasteiger partial charge is 0.0483 e. The molecule has 0 spiro atoms. The molecule has 0 aliphatic heterocycles. The molecule has 0 saturated carbocycles. The Kier molecular flexibility index (Phi) is 4.59. The average Bonchev–Trinajstić information content (AvgIpc) is 2.79. The first-order valence-corrected chi connectivity index (χ1v) is 6.74. The van der Waals surface area contributed by atoms with Crippen LogP contribution in [0.25, 0.3) is 10.9 Å². The molecule has 0 aliphatic rings. The Morgan fingerprint density at radius 1 is 1.33 bits per heavy atom. The number of allylic oxidation sites excluding steroid dienone is 1. The number of hydrogen-bond donors (Lipinski definition) is 1. The molecule has 0 saturated heterocycles. The molecule has 1 aromatic carbocycles. The third kappa shape index (κ3) is 3.02. The van der Waals surface area contributed by atoms with Gasteiger partial charge in [-0.15, -0.1) is 6.58 Å². The van der Waals surface area contributed by atoms with Gasteiger partial charge >= 0.3 is 0 Å². The highest BCUT2D eigenvalue weighted by Crippen LogP contribution is 2.18. The Morgan fingerprint density at radius 2 is 2.22 bits per heavy atom. The van der Waals surface area contributed by atoms with Crippen molar-refractivity contribution in [2.24, 2.45) is 0 Å². The predicted octanol–water partition coefficient (Wildman–Crippen LogP) is 3.72. The minimum Gasteiger partial charge on any atom is -0.347 e. The lowest BCUT2D eigenvalue weighted by Crippen LogP contribution is -2.13. The van der Waals surface area contributed by atoms with Gasteiger partial charge in [0, 0.05) is 24.8 Å². The van der Waals surface area contributed by atoms with E-state index in [4.69, 9.17) is 0 Å². The Hall–Kier alpha value is -1.54. The molecular weight excluding hydrogens is 220 g/mol. The monoisotopic (exact) mass is 242 g/mol. The van der Waals surface area contributed by atoms with Gasteiger partial charge in [0.15, 0.2) is 0 Å². The van der Waals surface area contributed by atoms with Gasteiger partial charge in [-0.3, -0.25) is 0 Å². The van der Waals surface area contributed by atoms with Gasteiger partial charge in [0.1, 0.15) is 0 Å². The maximum atomic E-state index is 3.78. The molecule has 2 nitrogen and oxygen atoms in total. The molecule has 1 heterocycles. The molecule has 0 fully saturated rings. The van der Waals surface area contributed by atoms with Crippen molar-refractivity contribution in [1.29, 1.82) is 0 Å². The van der Waals surface area contributed by atoms with Gasteiger partial charge < -0.3 is 9.88 Å². The summed E-state index contributed by atoms with van der Waals surface area (Å²) >= 11 is 0. The SMILES string of the molecule is C=CCCn1ccc2ccc(CNCCC)cc21. The molecule has 2 heteroatoms. The summed E-state index contributed by atoms with van der Waals surface area (Å²) in [6.45, 7) is 9.02. The van der Waals surface area contributed by atoms with Crippen LogP contribution in [0.3, 0.4) is 0 Å². The summed E-state index contributed by atoms with van der Waals surface area (Å²) < 4.78 is 2.31. The van der Waals surface area contributed by atoms with Crippen molar-refractivity contribution >= 4 is 10.9 Å². The minimum atomic E-state index is 0.955. The highest BCUT2D eigenvalue weighted by Gasteiger charge is 2.01. The third-order valence-electron chi connectivity index (χ3n) is 3.17. The van der Waals surface area contributed by atoms with Crippen LogP contribution in [0.1, 0.15) is 25.3 Å². The number of nitrogens with zero attached hydrogens (tertiary/aromatic N) is 1. The van der Waals surface area contributed by atoms with Crippen molar-refractivity contribution in [3.8, 4) is 0 Å². The summed E-state index contributed by atoms with van der Waals surface area (Å²) in [5.74, 6) is 0. The average molecular weight is 242 g/mol. The first kappa shape index (κ1) is 12.9. The van der Waals surface area contributed by atoms with Gasteiger partial charge in [0.2, 0.25) is 0 Å². The molecule has 1 N–H and O–H groups in total. The van der Waals surface area contributed by atoms with Crippen LogP contribution in [0.5, 0.6) is 0 Å². The molecule has 96 valence electrons. The number of benzene rings is 1. The van der Waals surface area contributed by atoms with Gasteiger partial charge in [0.05, 0.1) is 0 Å². The van der Waals surface area contributed by atoms with E-state index in [0.29, 0.717) is 0 Å². The van der Waals surface area contributed by atoms with E-state index in [1.807, 2.05) is 6.08 Å². The lowest BCUT2D eigenvalue weighted by atomic mass is 10.1. The van der Waals surface area contributed by atoms with Gasteiger partial charge in [-0.2, -0.15) is 0 Å². The number of aromatic nitrogens is 1. The molecular formula is C16H22N2. The highest BCUT2D eigenvalue weighted by atomic mass is 14.9. The van der Waals surface area contributed by atoms with E-state index in [-0.39, 0.29) is 0 Å². The standard InChI is InChI=1S/C16H22N2/c1-3-5-10-18-11-8-15-7-6-14(12-16(15)18)13-17-9-4-2/h3,6-8,11-12,17H,1,4-5,9-10,13H2,2H3. The Bertz CT molecular complexity index is 511. The van der Waals surface area contributed by atoms with E-state index in [9.17, 15) is 0 Å². The highest BCUT2D eigenvalue weighted by molar-refractivity contribution is 5.80. The van der Waals surface area contributed by atoms with Crippen LogP contribution >= 0.6 is 0 Å². The number of rotatable bonds is 7. The summed E-state index contributed by atoms with van der Waals surface area (Å²) in [6, 6.07) is 8.90. The van der Waals surface area contributed by atoms with E-state index in [1.54, 1.807) is 0 Å². The van der Waals surface area contributed by atoms with Crippen LogP contribution in [0, 0.1) is 0 Å². The van der Waals surface area contributed by atoms with Crippen LogP contribution in [-0.2, 0) is 13.1 Å². The topological polar surface area (TPSA) is 17.0 Å². The Morgan fingerprint density at radius 3 is 3.00 bits per heavy atom. The fraction of sp³-hybridized carbons (Fsp3) is 0.375. The van der Waals surface area contributed by atoms with Crippen LogP contribution < -0.4 is 5.32 Å². The molecule has 2 aromatic rings. The summed E-state index contributed by atoms with van der Waals surface area (Å²) in [4.78, 5) is 0. The molecule has 0 atom stereocenters. The fourth-order valence-corrected chi connectivity index (χ4v) is 2.17. The normalized spacial score (nSPS) is 10.9. The second kappa shape index (κ2) is 6.41. The predicted molar refractivity (Wildman–Crippen MR) is 78.7 cm³/mol. The summed E-state index contributed by atoms with van der Waals surface area (Å²) in [5, 5.41) is 4.76. The zero-order valence-electron chi connectivity index (χ0n) is 11.2. The maximum absolute atomic E-state index is 3.78. The van der Waals surface area contributed by atoms with E-state index in [0.717, 1.165) is 26.1 Å². The molecule has 0 amide bonds. The van der Waals surface area contributed by atoms with Crippen molar-refractivity contribution in [1.82, 2.24) is 9.88 Å². The molecule has 18 heavy (non-hydrogen) atoms. The molecule has 2 rings (SSSR count). The van der Waals surface area contributed by atoms with Crippen molar-refractivity contribution < 1.29 is 0 Å². The molecule has 1 aromatic heterocycles. The maximum Gasteiger partial charge on any atom is 0.0483 e. The van der Waals surface area contributed by atoms with Gasteiger partial charge in [-0.1, -0.05) is 25.1 Å². The van der Waals surface area contributed by atoms with Crippen LogP contribution in [-0.4, -0.2) is 11.1 Å². The number of hydrogen-bond acceptors (Lipinski definition) is 1. The van der Waals surface area contributed by atoms with Gasteiger partial charge in [-0.25, -0.2) is 0 Å². The molecule has 0 unspecified atom stereocenters. The van der Waals surface area contributed by atoms with Crippen molar-refractivity contribution in [3.05, 3.63) is 48.7 Å². The quantitative estimate of drug-likeness (QED) is 0.578. The van der Waals surface area contributed by atoms with Crippen molar-refractivity contribution in [2.45, 2.75) is 32.9 Å². The van der Waals surface area contributed by atoms with Crippen LogP contribution in [0.2, 0.25) is 0 Å². The summed E-state index contributed by atoms with van der Waals surface area (Å²) in [5.41, 5.74) is 2.68. The number of aryl methyl sites for hydroxylation is 1. The summed E-state index contributed by atoms with van der Waals surface area (Å²) in [6.07, 6.45) is 6.33. The minimum absolute atomic E-state index is 0.955. The van der Waals surface area contributed by atoms with Gasteiger partial charge in [0.25, 0.3) is 0 Å². The van der Waals surface area contributed by atoms with Crippen molar-refractivity contribution in [2.75, 3.05) is 6.54 Å². The van der Waals surface area contributed by atoms with E-state index < -0.39 is 0 Å². The van der Waals surface area contributed by atoms with E-state index in [2.05, 4.69) is 53.8 Å². The zero-order valence-corrected chi connectivity index (χ0v) is 11.2. The molecule has 0 aliphatic carbocycles. The third-order valence-corrected chi connectivity index (χ3v) is 3.17. The molecule has 0 radical (unpaired) electrons. The fourth-order valence-electron chi connectivity index (χ4n) is 2.17. The zero-order chi connectivity index (χ0) is 12.8. The first-order valence-electron chi connectivity index (χ1n) is 6.74. The number of nitrogens with one attached hydrogen (secondary N) is 1. The lowest BCUT2D eigenvalue weighted by Gasteiger charge is -2.06. The van der Waals surface area contributed by atoms with Crippen LogP contribution in [0.4, 0.5) is 0 Å². The molecule has 0 bridgehead atoms. The largest absolute Gasteiger partial charge is 0.347 e. The van der Waals surface area contributed by atoms with Crippen LogP contribution in [0.15, 0.2) is 43.1 Å². The second-order valence-electron chi connectivity index (χ2n) is 4.66.